The summed E-state index contributed by atoms with van der Waals surface area (Å²) in [6.07, 6.45) is 5.78. The van der Waals surface area contributed by atoms with Gasteiger partial charge in [0.25, 0.3) is 0 Å². The molecule has 6 rings (SSSR count). The number of ether oxygens (including phenoxy) is 2. The van der Waals surface area contributed by atoms with Crippen LogP contribution in [-0.4, -0.2) is 31.0 Å². The van der Waals surface area contributed by atoms with Crippen LogP contribution in [0.4, 0.5) is 13.2 Å². The third-order valence-electron chi connectivity index (χ3n) is 14.6. The molecule has 0 aromatic heterocycles. The van der Waals surface area contributed by atoms with Crippen molar-refractivity contribution in [1.29, 1.82) is 0 Å². The van der Waals surface area contributed by atoms with Gasteiger partial charge in [-0.25, -0.2) is 4.79 Å². The van der Waals surface area contributed by atoms with Crippen molar-refractivity contribution in [2.75, 3.05) is 6.61 Å². The third kappa shape index (κ3) is 3.33. The summed E-state index contributed by atoms with van der Waals surface area (Å²) in [5.41, 5.74) is 0.625. The van der Waals surface area contributed by atoms with Crippen LogP contribution in [0.15, 0.2) is 0 Å². The van der Waals surface area contributed by atoms with Crippen molar-refractivity contribution < 1.29 is 27.4 Å². The van der Waals surface area contributed by atoms with Crippen LogP contribution < -0.4 is 0 Å². The number of halogens is 3. The highest BCUT2D eigenvalue weighted by atomic mass is 19.4. The van der Waals surface area contributed by atoms with E-state index in [-0.39, 0.29) is 27.6 Å². The van der Waals surface area contributed by atoms with Gasteiger partial charge in [-0.05, 0) is 115 Å². The summed E-state index contributed by atoms with van der Waals surface area (Å²) < 4.78 is 51.1. The summed E-state index contributed by atoms with van der Waals surface area (Å²) in [6, 6.07) is 0. The summed E-state index contributed by atoms with van der Waals surface area (Å²) in [5, 5.41) is 0. The molecule has 38 heavy (non-hydrogen) atoms. The molecular weight excluding hydrogens is 489 g/mol. The van der Waals surface area contributed by atoms with Gasteiger partial charge in [0.2, 0.25) is 0 Å². The molecular formula is C32H49F3O3. The highest BCUT2D eigenvalue weighted by Crippen LogP contribution is 2.78. The lowest BCUT2D eigenvalue weighted by Gasteiger charge is -2.73. The van der Waals surface area contributed by atoms with Gasteiger partial charge in [-0.3, -0.25) is 0 Å². The number of carbonyl (C=O) groups excluding carboxylic acids is 1. The number of alkyl halides is 3. The average molecular weight is 539 g/mol. The average Bonchev–Trinajstić information content (AvgIpc) is 3.14. The Bertz CT molecular complexity index is 1000. The highest BCUT2D eigenvalue weighted by Gasteiger charge is 2.73. The monoisotopic (exact) mass is 538 g/mol. The summed E-state index contributed by atoms with van der Waals surface area (Å²) in [4.78, 5) is 11.8. The number of hydrogen-bond acceptors (Lipinski definition) is 3. The summed E-state index contributed by atoms with van der Waals surface area (Å²) in [5.74, 6) is 0.0918. The molecule has 0 N–H and O–H groups in total. The molecule has 5 aliphatic carbocycles. The van der Waals surface area contributed by atoms with E-state index < -0.39 is 23.7 Å². The van der Waals surface area contributed by atoms with Crippen LogP contribution in [0.5, 0.6) is 0 Å². The lowest BCUT2D eigenvalue weighted by Crippen LogP contribution is -2.68. The molecule has 6 heteroatoms. The van der Waals surface area contributed by atoms with Crippen molar-refractivity contribution in [3.8, 4) is 0 Å². The molecule has 10 atom stereocenters. The van der Waals surface area contributed by atoms with Crippen molar-refractivity contribution >= 4 is 5.97 Å². The molecule has 6 fully saturated rings. The van der Waals surface area contributed by atoms with Gasteiger partial charge in [-0.2, -0.15) is 13.2 Å². The SMILES string of the molecule is CC1(C)CC[C@@]23CC[C@]4(C)[C@H](CC[C@@H]5[C@@]6(C)CC[C@@H](OC(=O)C(F)(F)F)C(C)(C)[C@H]6CC[C@]54C)[C@@H]2[C@@H]1OC3. The van der Waals surface area contributed by atoms with Gasteiger partial charge in [-0.1, -0.05) is 48.5 Å². The fraction of sp³-hybridized carbons (Fsp3) is 0.969. The Morgan fingerprint density at radius 1 is 0.789 bits per heavy atom. The van der Waals surface area contributed by atoms with Crippen LogP contribution in [0, 0.1) is 56.2 Å². The molecule has 1 heterocycles. The van der Waals surface area contributed by atoms with Gasteiger partial charge in [0.15, 0.2) is 0 Å². The van der Waals surface area contributed by atoms with Crippen LogP contribution in [0.2, 0.25) is 0 Å². The normalized spacial score (nSPS) is 52.7. The molecule has 216 valence electrons. The second kappa shape index (κ2) is 7.94. The number of fused-ring (bicyclic) bond motifs is 5. The molecule has 0 aromatic carbocycles. The van der Waals surface area contributed by atoms with Gasteiger partial charge < -0.3 is 9.47 Å². The molecule has 0 unspecified atom stereocenters. The molecule has 6 aliphatic rings. The maximum Gasteiger partial charge on any atom is 0.490 e. The number of esters is 1. The van der Waals surface area contributed by atoms with Gasteiger partial charge >= 0.3 is 12.1 Å². The van der Waals surface area contributed by atoms with Crippen molar-refractivity contribution in [3.05, 3.63) is 0 Å². The quantitative estimate of drug-likeness (QED) is 0.315. The minimum Gasteiger partial charge on any atom is -0.455 e. The van der Waals surface area contributed by atoms with Crippen LogP contribution >= 0.6 is 0 Å². The molecule has 3 nitrogen and oxygen atoms in total. The Kier molecular flexibility index (Phi) is 5.72. The van der Waals surface area contributed by atoms with Crippen molar-refractivity contribution in [2.24, 2.45) is 56.2 Å². The van der Waals surface area contributed by atoms with E-state index in [0.29, 0.717) is 35.7 Å². The zero-order valence-corrected chi connectivity index (χ0v) is 24.6. The molecule has 1 aliphatic heterocycles. The van der Waals surface area contributed by atoms with Crippen LogP contribution in [0.1, 0.15) is 113 Å². The van der Waals surface area contributed by atoms with E-state index >= 15 is 0 Å². The van der Waals surface area contributed by atoms with E-state index in [0.717, 1.165) is 25.9 Å². The van der Waals surface area contributed by atoms with Crippen LogP contribution in [0.3, 0.4) is 0 Å². The summed E-state index contributed by atoms with van der Waals surface area (Å²) in [6.45, 7) is 17.5. The van der Waals surface area contributed by atoms with Gasteiger partial charge in [0.1, 0.15) is 6.10 Å². The first-order valence-corrected chi connectivity index (χ1v) is 15.3. The minimum atomic E-state index is -4.94. The van der Waals surface area contributed by atoms with E-state index in [1.54, 1.807) is 0 Å². The largest absolute Gasteiger partial charge is 0.490 e. The standard InChI is InChI=1S/C32H49F3O3/c1-26(2)14-16-31-17-15-29(6)19(23(31)24(26)37-18-31)8-9-21-28(5)12-11-22(38-25(36)32(33,34)35)27(3,4)20(28)10-13-30(21,29)7/h19-24H,8-18H2,1-7H3/t19-,20-,21-,22-,23-,24+,28+,29-,30-,31+/m1/s1. The second-order valence-corrected chi connectivity index (χ2v) is 16.5. The van der Waals surface area contributed by atoms with Crippen LogP contribution in [-0.2, 0) is 14.3 Å². The lowest BCUT2D eigenvalue weighted by molar-refractivity contribution is -0.259. The minimum absolute atomic E-state index is 0.0437. The first kappa shape index (κ1) is 27.4. The maximum atomic E-state index is 13.1. The smallest absolute Gasteiger partial charge is 0.455 e. The number of carbonyl (C=O) groups is 1. The van der Waals surface area contributed by atoms with Crippen molar-refractivity contribution in [1.82, 2.24) is 0 Å². The lowest BCUT2D eigenvalue weighted by atomic mass is 9.31. The Morgan fingerprint density at radius 3 is 2.16 bits per heavy atom. The zero-order chi connectivity index (χ0) is 27.7. The Morgan fingerprint density at radius 2 is 1.47 bits per heavy atom. The predicted molar refractivity (Wildman–Crippen MR) is 140 cm³/mol. The number of hydrogen-bond donors (Lipinski definition) is 0. The van der Waals surface area contributed by atoms with E-state index in [1.165, 1.54) is 38.5 Å². The molecule has 0 aromatic rings. The van der Waals surface area contributed by atoms with E-state index in [2.05, 4.69) is 48.5 Å². The first-order valence-electron chi connectivity index (χ1n) is 15.3. The van der Waals surface area contributed by atoms with Crippen LogP contribution in [0.25, 0.3) is 0 Å². The van der Waals surface area contributed by atoms with E-state index in [4.69, 9.17) is 9.47 Å². The fourth-order valence-electron chi connectivity index (χ4n) is 12.4. The molecule has 2 bridgehead atoms. The third-order valence-corrected chi connectivity index (χ3v) is 14.6. The van der Waals surface area contributed by atoms with Crippen molar-refractivity contribution in [3.63, 3.8) is 0 Å². The highest BCUT2D eigenvalue weighted by molar-refractivity contribution is 5.75. The van der Waals surface area contributed by atoms with E-state index in [1.807, 2.05) is 0 Å². The van der Waals surface area contributed by atoms with Gasteiger partial charge in [0.05, 0.1) is 12.7 Å². The predicted octanol–water partition coefficient (Wildman–Crippen LogP) is 8.35. The van der Waals surface area contributed by atoms with Crippen molar-refractivity contribution in [2.45, 2.75) is 131 Å². The summed E-state index contributed by atoms with van der Waals surface area (Å²) in [7, 11) is 0. The fourth-order valence-corrected chi connectivity index (χ4v) is 12.4. The molecule has 0 radical (unpaired) electrons. The first-order chi connectivity index (χ1) is 17.4. The van der Waals surface area contributed by atoms with Gasteiger partial charge in [-0.15, -0.1) is 0 Å². The Hall–Kier alpha value is -0.780. The topological polar surface area (TPSA) is 35.5 Å². The Labute approximate surface area is 227 Å². The molecule has 5 saturated carbocycles. The second-order valence-electron chi connectivity index (χ2n) is 16.5. The molecule has 0 amide bonds. The van der Waals surface area contributed by atoms with E-state index in [9.17, 15) is 18.0 Å². The summed E-state index contributed by atoms with van der Waals surface area (Å²) >= 11 is 0. The number of rotatable bonds is 1. The maximum absolute atomic E-state index is 13.1. The zero-order valence-electron chi connectivity index (χ0n) is 24.6. The Balaban J connectivity index is 1.31. The molecule has 1 saturated heterocycles. The van der Waals surface area contributed by atoms with Gasteiger partial charge in [0, 0.05) is 5.41 Å². The molecule has 0 spiro atoms.